The highest BCUT2D eigenvalue weighted by Crippen LogP contribution is 2.61. The lowest BCUT2D eigenvalue weighted by Crippen LogP contribution is -2.38. The van der Waals surface area contributed by atoms with Gasteiger partial charge in [0.25, 0.3) is 0 Å². The molecule has 0 aromatic rings. The van der Waals surface area contributed by atoms with Crippen molar-refractivity contribution in [3.05, 3.63) is 23.7 Å². The van der Waals surface area contributed by atoms with Crippen molar-refractivity contribution in [2.75, 3.05) is 7.11 Å². The van der Waals surface area contributed by atoms with Crippen molar-refractivity contribution in [2.24, 2.45) is 46.3 Å². The SMILES string of the molecule is CCC(CCC(C)C1CCC2C3=CCC4CC(OC)CCC4(C)C(=CCC21C)O3)C(C)C. The third-order valence-electron chi connectivity index (χ3n) is 10.8. The van der Waals surface area contributed by atoms with E-state index in [1.807, 2.05) is 7.11 Å². The first kappa shape index (κ1) is 24.4. The second-order valence-electron chi connectivity index (χ2n) is 12.7. The molecule has 0 aromatic carbocycles. The Kier molecular flexibility index (Phi) is 7.21. The first-order chi connectivity index (χ1) is 15.2. The van der Waals surface area contributed by atoms with Crippen molar-refractivity contribution in [1.82, 2.24) is 0 Å². The molecule has 0 aromatic heterocycles. The van der Waals surface area contributed by atoms with E-state index in [1.165, 1.54) is 62.9 Å². The number of rotatable bonds is 7. The fraction of sp³-hybridized carbons (Fsp3) is 0.867. The molecule has 0 spiro atoms. The Bertz CT molecular complexity index is 720. The molecule has 0 radical (unpaired) electrons. The van der Waals surface area contributed by atoms with Gasteiger partial charge in [-0.1, -0.05) is 54.4 Å². The van der Waals surface area contributed by atoms with E-state index in [9.17, 15) is 0 Å². The summed E-state index contributed by atoms with van der Waals surface area (Å²) in [6.07, 6.45) is 18.1. The maximum atomic E-state index is 6.85. The van der Waals surface area contributed by atoms with Crippen LogP contribution in [0.25, 0.3) is 0 Å². The monoisotopic (exact) mass is 442 g/mol. The molecule has 2 heterocycles. The third kappa shape index (κ3) is 4.23. The topological polar surface area (TPSA) is 18.5 Å². The number of ether oxygens (including phenoxy) is 2. The fourth-order valence-electron chi connectivity index (χ4n) is 8.25. The molecule has 2 saturated carbocycles. The molecule has 8 atom stereocenters. The highest BCUT2D eigenvalue weighted by atomic mass is 16.5. The largest absolute Gasteiger partial charge is 0.466 e. The quantitative estimate of drug-likeness (QED) is 0.393. The number of fused-ring (bicyclic) bond motifs is 6. The van der Waals surface area contributed by atoms with E-state index in [4.69, 9.17) is 9.47 Å². The van der Waals surface area contributed by atoms with Crippen LogP contribution in [0, 0.1) is 46.3 Å². The van der Waals surface area contributed by atoms with Crippen LogP contribution in [0.4, 0.5) is 0 Å². The molecule has 4 rings (SSSR count). The smallest absolute Gasteiger partial charge is 0.106 e. The van der Waals surface area contributed by atoms with Crippen LogP contribution in [-0.4, -0.2) is 13.2 Å². The average molecular weight is 443 g/mol. The van der Waals surface area contributed by atoms with Gasteiger partial charge in [0.2, 0.25) is 0 Å². The van der Waals surface area contributed by atoms with E-state index in [0.717, 1.165) is 36.5 Å². The Hall–Kier alpha value is -0.760. The first-order valence-electron chi connectivity index (χ1n) is 13.8. The van der Waals surface area contributed by atoms with Crippen LogP contribution in [0.3, 0.4) is 0 Å². The van der Waals surface area contributed by atoms with Gasteiger partial charge in [0.15, 0.2) is 0 Å². The van der Waals surface area contributed by atoms with Crippen molar-refractivity contribution in [2.45, 2.75) is 112 Å². The zero-order valence-corrected chi connectivity index (χ0v) is 22.1. The highest BCUT2D eigenvalue weighted by molar-refractivity contribution is 5.25. The number of methoxy groups -OCH3 is 1. The first-order valence-corrected chi connectivity index (χ1v) is 13.8. The molecule has 2 nitrogen and oxygen atoms in total. The number of hydrogen-bond acceptors (Lipinski definition) is 2. The Labute approximate surface area is 198 Å². The number of hydrogen-bond donors (Lipinski definition) is 0. The van der Waals surface area contributed by atoms with Crippen LogP contribution in [0.5, 0.6) is 0 Å². The Balaban J connectivity index is 1.54. The van der Waals surface area contributed by atoms with Crippen LogP contribution in [-0.2, 0) is 9.47 Å². The third-order valence-corrected chi connectivity index (χ3v) is 10.8. The van der Waals surface area contributed by atoms with Crippen LogP contribution in [0.1, 0.15) is 106 Å². The summed E-state index contributed by atoms with van der Waals surface area (Å²) < 4.78 is 12.6. The summed E-state index contributed by atoms with van der Waals surface area (Å²) in [6.45, 7) is 14.8. The van der Waals surface area contributed by atoms with Crippen LogP contribution < -0.4 is 0 Å². The van der Waals surface area contributed by atoms with E-state index in [0.29, 0.717) is 23.4 Å². The molecule has 0 amide bonds. The maximum Gasteiger partial charge on any atom is 0.106 e. The van der Waals surface area contributed by atoms with E-state index in [2.05, 4.69) is 53.7 Å². The van der Waals surface area contributed by atoms with Gasteiger partial charge < -0.3 is 9.47 Å². The van der Waals surface area contributed by atoms with Crippen LogP contribution in [0.2, 0.25) is 0 Å². The molecule has 0 saturated heterocycles. The van der Waals surface area contributed by atoms with Gasteiger partial charge in [-0.15, -0.1) is 0 Å². The summed E-state index contributed by atoms with van der Waals surface area (Å²) in [5, 5.41) is 0. The predicted molar refractivity (Wildman–Crippen MR) is 134 cm³/mol. The lowest BCUT2D eigenvalue weighted by molar-refractivity contribution is -0.00758. The molecular formula is C30H50O2. The van der Waals surface area contributed by atoms with Crippen LogP contribution >= 0.6 is 0 Å². The minimum absolute atomic E-state index is 0.176. The van der Waals surface area contributed by atoms with Gasteiger partial charge in [0.1, 0.15) is 11.5 Å². The Morgan fingerprint density at radius 2 is 1.88 bits per heavy atom. The molecule has 8 unspecified atom stereocenters. The van der Waals surface area contributed by atoms with E-state index < -0.39 is 0 Å². The molecule has 2 aliphatic carbocycles. The van der Waals surface area contributed by atoms with E-state index in [1.54, 1.807) is 0 Å². The lowest BCUT2D eigenvalue weighted by atomic mass is 9.62. The Morgan fingerprint density at radius 3 is 2.56 bits per heavy atom. The molecule has 2 fully saturated rings. The van der Waals surface area contributed by atoms with Crippen molar-refractivity contribution in [1.29, 1.82) is 0 Å². The van der Waals surface area contributed by atoms with Gasteiger partial charge in [0.05, 0.1) is 6.10 Å². The molecule has 32 heavy (non-hydrogen) atoms. The van der Waals surface area contributed by atoms with Crippen molar-refractivity contribution in [3.63, 3.8) is 0 Å². The lowest BCUT2D eigenvalue weighted by Gasteiger charge is -2.43. The highest BCUT2D eigenvalue weighted by Gasteiger charge is 2.54. The predicted octanol–water partition coefficient (Wildman–Crippen LogP) is 8.53. The fourth-order valence-corrected chi connectivity index (χ4v) is 8.25. The number of allylic oxidation sites excluding steroid dienone is 4. The summed E-state index contributed by atoms with van der Waals surface area (Å²) in [7, 11) is 1.89. The van der Waals surface area contributed by atoms with Gasteiger partial charge >= 0.3 is 0 Å². The normalized spacial score (nSPS) is 40.9. The molecule has 0 N–H and O–H groups in total. The summed E-state index contributed by atoms with van der Waals surface area (Å²) in [4.78, 5) is 0. The second kappa shape index (κ2) is 9.47. The van der Waals surface area contributed by atoms with Crippen molar-refractivity contribution in [3.8, 4) is 0 Å². The van der Waals surface area contributed by atoms with Crippen molar-refractivity contribution < 1.29 is 9.47 Å². The Morgan fingerprint density at radius 1 is 1.09 bits per heavy atom. The standard InChI is InChI=1S/C30H50O2/c1-8-22(20(2)3)10-9-21(4)25-12-13-26-27-14-11-23-19-24(31-7)15-17-29(23,5)28(32-27)16-18-30(25,26)6/h14,16,20-26H,8-13,15,17-19H2,1-7H3. The van der Waals surface area contributed by atoms with E-state index in [-0.39, 0.29) is 5.41 Å². The summed E-state index contributed by atoms with van der Waals surface area (Å²) >= 11 is 0. The molecule has 2 bridgehead atoms. The zero-order valence-electron chi connectivity index (χ0n) is 22.1. The van der Waals surface area contributed by atoms with Gasteiger partial charge in [-0.2, -0.15) is 0 Å². The minimum Gasteiger partial charge on any atom is -0.466 e. The molecular weight excluding hydrogens is 392 g/mol. The maximum absolute atomic E-state index is 6.85. The van der Waals surface area contributed by atoms with Crippen molar-refractivity contribution >= 4 is 0 Å². The summed E-state index contributed by atoms with van der Waals surface area (Å²) in [6, 6.07) is 0. The average Bonchev–Trinajstić information content (AvgIpc) is 2.94. The second-order valence-corrected chi connectivity index (χ2v) is 12.7. The summed E-state index contributed by atoms with van der Waals surface area (Å²) in [5.41, 5.74) is 0.522. The molecule has 2 heteroatoms. The molecule has 2 aliphatic heterocycles. The van der Waals surface area contributed by atoms with Gasteiger partial charge in [0, 0.05) is 18.4 Å². The zero-order chi connectivity index (χ0) is 23.1. The van der Waals surface area contributed by atoms with Gasteiger partial charge in [-0.25, -0.2) is 0 Å². The van der Waals surface area contributed by atoms with Gasteiger partial charge in [-0.05, 0) is 98.5 Å². The van der Waals surface area contributed by atoms with Gasteiger partial charge in [-0.3, -0.25) is 0 Å². The minimum atomic E-state index is 0.176. The molecule has 182 valence electrons. The van der Waals surface area contributed by atoms with E-state index >= 15 is 0 Å². The van der Waals surface area contributed by atoms with Crippen LogP contribution in [0.15, 0.2) is 23.7 Å². The molecule has 4 aliphatic rings. The summed E-state index contributed by atoms with van der Waals surface area (Å²) in [5.74, 6) is 7.17.